The molecular formula is C13H27NO. The lowest BCUT2D eigenvalue weighted by molar-refractivity contribution is 0.191. The zero-order valence-electron chi connectivity index (χ0n) is 10.6. The smallest absolute Gasteiger partial charge is 0.0462 e. The number of rotatable bonds is 7. The highest BCUT2D eigenvalue weighted by Crippen LogP contribution is 2.37. The molecular weight excluding hydrogens is 186 g/mol. The second-order valence-corrected chi connectivity index (χ2v) is 5.44. The molecule has 0 unspecified atom stereocenters. The van der Waals surface area contributed by atoms with Crippen molar-refractivity contribution in [3.63, 3.8) is 0 Å². The van der Waals surface area contributed by atoms with Crippen molar-refractivity contribution in [3.05, 3.63) is 0 Å². The molecule has 1 fully saturated rings. The Bertz CT molecular complexity index is 168. The fourth-order valence-corrected chi connectivity index (χ4v) is 2.53. The quantitative estimate of drug-likeness (QED) is 0.656. The van der Waals surface area contributed by atoms with Gasteiger partial charge in [-0.3, -0.25) is 0 Å². The molecule has 2 heteroatoms. The monoisotopic (exact) mass is 213 g/mol. The summed E-state index contributed by atoms with van der Waals surface area (Å²) in [7, 11) is 1.78. The zero-order chi connectivity index (χ0) is 11.1. The number of methoxy groups -OCH3 is 1. The predicted molar refractivity (Wildman–Crippen MR) is 65.1 cm³/mol. The van der Waals surface area contributed by atoms with Gasteiger partial charge in [0, 0.05) is 19.8 Å². The fourth-order valence-electron chi connectivity index (χ4n) is 2.53. The lowest BCUT2D eigenvalue weighted by Crippen LogP contribution is -2.38. The van der Waals surface area contributed by atoms with E-state index in [1.54, 1.807) is 7.11 Å². The molecule has 0 radical (unpaired) electrons. The Morgan fingerprint density at radius 2 is 2.07 bits per heavy atom. The SMILES string of the molecule is COCCCCCN[C@@H]1CCCC1(C)C. The first-order valence-electron chi connectivity index (χ1n) is 6.39. The molecule has 0 saturated heterocycles. The van der Waals surface area contributed by atoms with Crippen LogP contribution in [0.3, 0.4) is 0 Å². The standard InChI is InChI=1S/C13H27NO/c1-13(2)9-7-8-12(13)14-10-5-4-6-11-15-3/h12,14H,4-11H2,1-3H3/t12-/m1/s1. The van der Waals surface area contributed by atoms with Crippen LogP contribution in [0.1, 0.15) is 52.4 Å². The summed E-state index contributed by atoms with van der Waals surface area (Å²) in [6.45, 7) is 6.87. The second kappa shape index (κ2) is 6.49. The third kappa shape index (κ3) is 4.52. The third-order valence-electron chi connectivity index (χ3n) is 3.67. The minimum Gasteiger partial charge on any atom is -0.385 e. The summed E-state index contributed by atoms with van der Waals surface area (Å²) in [5.74, 6) is 0. The Morgan fingerprint density at radius 1 is 1.27 bits per heavy atom. The van der Waals surface area contributed by atoms with E-state index in [2.05, 4.69) is 19.2 Å². The Morgan fingerprint density at radius 3 is 2.67 bits per heavy atom. The Labute approximate surface area is 94.8 Å². The maximum Gasteiger partial charge on any atom is 0.0462 e. The van der Waals surface area contributed by atoms with Crippen LogP contribution in [0.2, 0.25) is 0 Å². The van der Waals surface area contributed by atoms with E-state index in [0.29, 0.717) is 5.41 Å². The predicted octanol–water partition coefficient (Wildman–Crippen LogP) is 2.97. The molecule has 1 atom stereocenters. The van der Waals surface area contributed by atoms with Gasteiger partial charge in [-0.1, -0.05) is 20.3 Å². The van der Waals surface area contributed by atoms with Gasteiger partial charge < -0.3 is 10.1 Å². The molecule has 1 rings (SSSR count). The van der Waals surface area contributed by atoms with E-state index >= 15 is 0 Å². The van der Waals surface area contributed by atoms with Gasteiger partial charge in [0.05, 0.1) is 0 Å². The molecule has 0 aromatic rings. The highest BCUT2D eigenvalue weighted by molar-refractivity contribution is 4.89. The summed E-state index contributed by atoms with van der Waals surface area (Å²) in [5, 5.41) is 3.71. The molecule has 2 nitrogen and oxygen atoms in total. The molecule has 0 amide bonds. The summed E-state index contributed by atoms with van der Waals surface area (Å²) in [4.78, 5) is 0. The Kier molecular flexibility index (Phi) is 5.62. The van der Waals surface area contributed by atoms with Crippen molar-refractivity contribution in [2.75, 3.05) is 20.3 Å². The molecule has 0 heterocycles. The van der Waals surface area contributed by atoms with Crippen LogP contribution in [0.25, 0.3) is 0 Å². The van der Waals surface area contributed by atoms with Crippen LogP contribution in [0, 0.1) is 5.41 Å². The van der Waals surface area contributed by atoms with Gasteiger partial charge >= 0.3 is 0 Å². The molecule has 15 heavy (non-hydrogen) atoms. The number of hydrogen-bond acceptors (Lipinski definition) is 2. The van der Waals surface area contributed by atoms with Crippen molar-refractivity contribution in [2.24, 2.45) is 5.41 Å². The molecule has 90 valence electrons. The summed E-state index contributed by atoms with van der Waals surface area (Å²) in [5.41, 5.74) is 0.520. The van der Waals surface area contributed by atoms with Gasteiger partial charge in [-0.15, -0.1) is 0 Å². The Hall–Kier alpha value is -0.0800. The molecule has 0 aliphatic heterocycles. The molecule has 1 saturated carbocycles. The first-order valence-corrected chi connectivity index (χ1v) is 6.39. The minimum atomic E-state index is 0.520. The highest BCUT2D eigenvalue weighted by atomic mass is 16.5. The van der Waals surface area contributed by atoms with Gasteiger partial charge in [-0.05, 0) is 44.1 Å². The second-order valence-electron chi connectivity index (χ2n) is 5.44. The van der Waals surface area contributed by atoms with E-state index in [1.807, 2.05) is 0 Å². The van der Waals surface area contributed by atoms with Crippen LogP contribution >= 0.6 is 0 Å². The Balaban J connectivity index is 2.00. The average Bonchev–Trinajstić information content (AvgIpc) is 2.52. The van der Waals surface area contributed by atoms with Crippen LogP contribution in [0.15, 0.2) is 0 Å². The summed E-state index contributed by atoms with van der Waals surface area (Å²) < 4.78 is 5.03. The molecule has 0 spiro atoms. The molecule has 1 N–H and O–H groups in total. The molecule has 0 bridgehead atoms. The van der Waals surface area contributed by atoms with Gasteiger partial charge in [0.15, 0.2) is 0 Å². The van der Waals surface area contributed by atoms with Gasteiger partial charge in [0.1, 0.15) is 0 Å². The number of unbranched alkanes of at least 4 members (excludes halogenated alkanes) is 2. The van der Waals surface area contributed by atoms with Crippen LogP contribution in [0.5, 0.6) is 0 Å². The third-order valence-corrected chi connectivity index (χ3v) is 3.67. The van der Waals surface area contributed by atoms with Crippen molar-refractivity contribution >= 4 is 0 Å². The van der Waals surface area contributed by atoms with Gasteiger partial charge in [0.25, 0.3) is 0 Å². The topological polar surface area (TPSA) is 21.3 Å². The molecule has 0 aromatic carbocycles. The summed E-state index contributed by atoms with van der Waals surface area (Å²) in [6.07, 6.45) is 7.92. The van der Waals surface area contributed by atoms with E-state index in [1.165, 1.54) is 45.1 Å². The van der Waals surface area contributed by atoms with E-state index in [4.69, 9.17) is 4.74 Å². The molecule has 0 aromatic heterocycles. The normalized spacial score (nSPS) is 24.6. The molecule has 1 aliphatic rings. The lowest BCUT2D eigenvalue weighted by Gasteiger charge is -2.28. The van der Waals surface area contributed by atoms with Crippen molar-refractivity contribution in [2.45, 2.75) is 58.4 Å². The van der Waals surface area contributed by atoms with Crippen molar-refractivity contribution in [3.8, 4) is 0 Å². The summed E-state index contributed by atoms with van der Waals surface area (Å²) in [6, 6.07) is 0.750. The average molecular weight is 213 g/mol. The van der Waals surface area contributed by atoms with Crippen molar-refractivity contribution in [1.82, 2.24) is 5.32 Å². The summed E-state index contributed by atoms with van der Waals surface area (Å²) >= 11 is 0. The van der Waals surface area contributed by atoms with Gasteiger partial charge in [-0.25, -0.2) is 0 Å². The van der Waals surface area contributed by atoms with Crippen LogP contribution in [-0.2, 0) is 4.74 Å². The van der Waals surface area contributed by atoms with E-state index in [9.17, 15) is 0 Å². The highest BCUT2D eigenvalue weighted by Gasteiger charge is 2.33. The number of nitrogens with one attached hydrogen (secondary N) is 1. The van der Waals surface area contributed by atoms with Crippen molar-refractivity contribution < 1.29 is 4.74 Å². The van der Waals surface area contributed by atoms with E-state index in [0.717, 1.165) is 12.6 Å². The first kappa shape index (κ1) is 13.0. The first-order chi connectivity index (χ1) is 7.17. The maximum absolute atomic E-state index is 5.03. The van der Waals surface area contributed by atoms with Gasteiger partial charge in [0.2, 0.25) is 0 Å². The maximum atomic E-state index is 5.03. The number of hydrogen-bond donors (Lipinski definition) is 1. The zero-order valence-corrected chi connectivity index (χ0v) is 10.6. The van der Waals surface area contributed by atoms with Crippen molar-refractivity contribution in [1.29, 1.82) is 0 Å². The minimum absolute atomic E-state index is 0.520. The van der Waals surface area contributed by atoms with Crippen LogP contribution < -0.4 is 5.32 Å². The number of ether oxygens (including phenoxy) is 1. The van der Waals surface area contributed by atoms with Crippen LogP contribution in [-0.4, -0.2) is 26.3 Å². The largest absolute Gasteiger partial charge is 0.385 e. The lowest BCUT2D eigenvalue weighted by atomic mass is 9.87. The fraction of sp³-hybridized carbons (Fsp3) is 1.00. The van der Waals surface area contributed by atoms with Crippen LogP contribution in [0.4, 0.5) is 0 Å². The van der Waals surface area contributed by atoms with E-state index < -0.39 is 0 Å². The molecule has 1 aliphatic carbocycles. The van der Waals surface area contributed by atoms with E-state index in [-0.39, 0.29) is 0 Å². The van der Waals surface area contributed by atoms with Gasteiger partial charge in [-0.2, -0.15) is 0 Å².